The normalized spacial score (nSPS) is 17.1. The molecule has 1 aliphatic heterocycles. The summed E-state index contributed by atoms with van der Waals surface area (Å²) in [5.41, 5.74) is 9.47. The van der Waals surface area contributed by atoms with Crippen LogP contribution in [0.15, 0.2) is 77.4 Å². The smallest absolute Gasteiger partial charge is 0.335 e. The largest absolute Gasteiger partial charge is 0.487 e. The molecule has 0 saturated carbocycles. The molecular formula is C27H19I2N5O3. The van der Waals surface area contributed by atoms with E-state index in [0.717, 1.165) is 24.0 Å². The Hall–Kier alpha value is -3.46. The summed E-state index contributed by atoms with van der Waals surface area (Å²) in [5.74, 6) is -1.06. The van der Waals surface area contributed by atoms with Crippen molar-refractivity contribution < 1.29 is 14.6 Å². The number of anilines is 1. The van der Waals surface area contributed by atoms with Crippen molar-refractivity contribution in [3.63, 3.8) is 0 Å². The number of aromatic carboxylic acids is 1. The molecule has 0 bridgehead atoms. The fraction of sp³-hybridized carbons (Fsp3) is 0.111. The lowest BCUT2D eigenvalue weighted by Gasteiger charge is -2.21. The maximum absolute atomic E-state index is 11.0. The van der Waals surface area contributed by atoms with Gasteiger partial charge in [0.15, 0.2) is 0 Å². The molecule has 184 valence electrons. The molecule has 10 heteroatoms. The van der Waals surface area contributed by atoms with Crippen molar-refractivity contribution in [1.29, 1.82) is 10.5 Å². The number of nitrogens with two attached hydrogens (primary N) is 1. The third kappa shape index (κ3) is 5.93. The van der Waals surface area contributed by atoms with E-state index in [4.69, 9.17) is 15.6 Å². The molecule has 4 rings (SSSR count). The first-order valence-corrected chi connectivity index (χ1v) is 13.1. The zero-order valence-corrected chi connectivity index (χ0v) is 23.5. The number of halogens is 2. The Morgan fingerprint density at radius 2 is 1.76 bits per heavy atom. The van der Waals surface area contributed by atoms with Gasteiger partial charge in [-0.25, -0.2) is 9.80 Å². The molecule has 0 spiro atoms. The van der Waals surface area contributed by atoms with Crippen LogP contribution >= 0.6 is 45.2 Å². The lowest BCUT2D eigenvalue weighted by molar-refractivity contribution is 0.0697. The van der Waals surface area contributed by atoms with Gasteiger partial charge in [-0.2, -0.15) is 15.6 Å². The molecule has 0 unspecified atom stereocenters. The van der Waals surface area contributed by atoms with E-state index >= 15 is 0 Å². The molecule has 37 heavy (non-hydrogen) atoms. The van der Waals surface area contributed by atoms with Crippen LogP contribution in [0.4, 0.5) is 5.69 Å². The van der Waals surface area contributed by atoms with Crippen molar-refractivity contribution in [3.8, 4) is 17.9 Å². The zero-order chi connectivity index (χ0) is 26.5. The van der Waals surface area contributed by atoms with Gasteiger partial charge in [-0.05, 0) is 98.8 Å². The minimum atomic E-state index is -0.976. The monoisotopic (exact) mass is 715 g/mol. The van der Waals surface area contributed by atoms with Crippen LogP contribution in [0, 0.1) is 35.7 Å². The van der Waals surface area contributed by atoms with Crippen molar-refractivity contribution in [2.24, 2.45) is 16.8 Å². The number of carboxylic acid groups (broad SMARTS) is 1. The predicted molar refractivity (Wildman–Crippen MR) is 157 cm³/mol. The van der Waals surface area contributed by atoms with E-state index in [9.17, 15) is 15.3 Å². The molecule has 0 aromatic heterocycles. The fourth-order valence-electron chi connectivity index (χ4n) is 3.75. The molecule has 0 amide bonds. The van der Waals surface area contributed by atoms with Gasteiger partial charge in [0.2, 0.25) is 0 Å². The van der Waals surface area contributed by atoms with Gasteiger partial charge in [-0.15, -0.1) is 0 Å². The molecule has 3 aromatic carbocycles. The van der Waals surface area contributed by atoms with Crippen molar-refractivity contribution in [2.45, 2.75) is 12.8 Å². The minimum Gasteiger partial charge on any atom is -0.487 e. The molecule has 1 aliphatic rings. The van der Waals surface area contributed by atoms with Crippen LogP contribution in [-0.2, 0) is 6.61 Å². The van der Waals surface area contributed by atoms with Gasteiger partial charge in [0.25, 0.3) is 0 Å². The maximum Gasteiger partial charge on any atom is 0.335 e. The van der Waals surface area contributed by atoms with Crippen LogP contribution in [0.1, 0.15) is 21.5 Å². The Kier molecular flexibility index (Phi) is 8.43. The van der Waals surface area contributed by atoms with Crippen molar-refractivity contribution in [3.05, 3.63) is 96.1 Å². The third-order valence-corrected chi connectivity index (χ3v) is 7.21. The Bertz CT molecular complexity index is 1450. The number of carboxylic acids is 1. The number of benzene rings is 3. The first-order chi connectivity index (χ1) is 17.8. The number of nitrogens with zero attached hydrogens (tertiary/aromatic N) is 4. The highest BCUT2D eigenvalue weighted by Crippen LogP contribution is 2.32. The highest BCUT2D eigenvalue weighted by Gasteiger charge is 2.37. The number of nitriles is 2. The van der Waals surface area contributed by atoms with Gasteiger partial charge < -0.3 is 15.6 Å². The quantitative estimate of drug-likeness (QED) is 0.248. The number of para-hydroxylation sites is 1. The van der Waals surface area contributed by atoms with E-state index in [-0.39, 0.29) is 17.7 Å². The molecule has 8 nitrogen and oxygen atoms in total. The molecule has 3 aromatic rings. The number of hydrazone groups is 1. The van der Waals surface area contributed by atoms with Crippen molar-refractivity contribution >= 4 is 68.6 Å². The first-order valence-electron chi connectivity index (χ1n) is 11.0. The zero-order valence-electron chi connectivity index (χ0n) is 19.2. The van der Waals surface area contributed by atoms with E-state index in [1.165, 1.54) is 0 Å². The Labute approximate surface area is 240 Å². The van der Waals surface area contributed by atoms with Crippen LogP contribution in [0.25, 0.3) is 6.08 Å². The Morgan fingerprint density at radius 3 is 2.32 bits per heavy atom. The average Bonchev–Trinajstić information content (AvgIpc) is 3.23. The number of carbonyl (C=O) groups is 1. The number of hydrogen-bond acceptors (Lipinski definition) is 7. The second-order valence-corrected chi connectivity index (χ2v) is 10.4. The Morgan fingerprint density at radius 1 is 1.11 bits per heavy atom. The second-order valence-electron chi connectivity index (χ2n) is 8.04. The standard InChI is InChI=1S/C27H19I2N5O3/c28-22-11-17(12-23(29)25(22)37-15-16-6-8-18(9-7-16)27(35)36)10-19(13-30)24-21(14-31)26(32)34(33-24)20-4-2-1-3-5-20/h1-12,21,26H,15,32H2,(H,35,36)/b19-10-/t21-,26-/m0/s1. The number of ether oxygens (including phenoxy) is 1. The molecule has 3 N–H and O–H groups in total. The Balaban J connectivity index is 1.58. The topological polar surface area (TPSA) is 136 Å². The van der Waals surface area contributed by atoms with Crippen LogP contribution in [0.2, 0.25) is 0 Å². The number of allylic oxidation sites excluding steroid dienone is 1. The number of rotatable bonds is 7. The summed E-state index contributed by atoms with van der Waals surface area (Å²) in [6, 6.07) is 24.0. The van der Waals surface area contributed by atoms with Crippen LogP contribution < -0.4 is 15.5 Å². The predicted octanol–water partition coefficient (Wildman–Crippen LogP) is 5.38. The van der Waals surface area contributed by atoms with E-state index in [2.05, 4.69) is 62.4 Å². The second kappa shape index (κ2) is 11.7. The van der Waals surface area contributed by atoms with Gasteiger partial charge in [0.1, 0.15) is 30.5 Å². The van der Waals surface area contributed by atoms with Crippen LogP contribution in [-0.4, -0.2) is 23.0 Å². The fourth-order valence-corrected chi connectivity index (χ4v) is 5.88. The molecule has 0 saturated heterocycles. The van der Waals surface area contributed by atoms with Crippen LogP contribution in [0.5, 0.6) is 5.75 Å². The summed E-state index contributed by atoms with van der Waals surface area (Å²) in [4.78, 5) is 11.0. The first kappa shape index (κ1) is 26.6. The molecule has 0 fully saturated rings. The van der Waals surface area contributed by atoms with Gasteiger partial charge in [-0.1, -0.05) is 30.3 Å². The highest BCUT2D eigenvalue weighted by atomic mass is 127. The summed E-state index contributed by atoms with van der Waals surface area (Å²) in [6.07, 6.45) is 0.989. The van der Waals surface area contributed by atoms with E-state index < -0.39 is 18.1 Å². The van der Waals surface area contributed by atoms with E-state index in [1.54, 1.807) is 35.4 Å². The summed E-state index contributed by atoms with van der Waals surface area (Å²) in [7, 11) is 0. The van der Waals surface area contributed by atoms with Crippen molar-refractivity contribution in [2.75, 3.05) is 5.01 Å². The lowest BCUT2D eigenvalue weighted by atomic mass is 9.95. The summed E-state index contributed by atoms with van der Waals surface area (Å²) >= 11 is 4.34. The molecule has 0 aliphatic carbocycles. The van der Waals surface area contributed by atoms with Gasteiger partial charge in [0, 0.05) is 0 Å². The molecule has 0 radical (unpaired) electrons. The van der Waals surface area contributed by atoms with Gasteiger partial charge in [0.05, 0.1) is 35.7 Å². The summed E-state index contributed by atoms with van der Waals surface area (Å²) in [6.45, 7) is 0.276. The highest BCUT2D eigenvalue weighted by molar-refractivity contribution is 14.1. The maximum atomic E-state index is 11.0. The SMILES string of the molecule is N#C/C(=C/c1cc(I)c(OCc2ccc(C(=O)O)cc2)c(I)c1)C1=NN(c2ccccc2)[C@H](N)[C@H]1C#N. The van der Waals surface area contributed by atoms with Gasteiger partial charge >= 0.3 is 5.97 Å². The van der Waals surface area contributed by atoms with E-state index in [0.29, 0.717) is 11.5 Å². The lowest BCUT2D eigenvalue weighted by Crippen LogP contribution is -2.40. The summed E-state index contributed by atoms with van der Waals surface area (Å²) in [5, 5.41) is 34.9. The third-order valence-electron chi connectivity index (χ3n) is 5.61. The molecule has 2 atom stereocenters. The van der Waals surface area contributed by atoms with Crippen molar-refractivity contribution in [1.82, 2.24) is 0 Å². The number of hydrogen-bond donors (Lipinski definition) is 2. The molecular weight excluding hydrogens is 696 g/mol. The summed E-state index contributed by atoms with van der Waals surface area (Å²) < 4.78 is 7.69. The average molecular weight is 715 g/mol. The molecule has 1 heterocycles. The van der Waals surface area contributed by atoms with E-state index in [1.807, 2.05) is 42.5 Å². The minimum absolute atomic E-state index is 0.218. The van der Waals surface area contributed by atoms with Crippen LogP contribution in [0.3, 0.4) is 0 Å². The van der Waals surface area contributed by atoms with Gasteiger partial charge in [-0.3, -0.25) is 0 Å².